The van der Waals surface area contributed by atoms with E-state index in [0.717, 1.165) is 18.4 Å². The molecule has 0 aromatic carbocycles. The molecule has 3 aromatic heterocycles. The van der Waals surface area contributed by atoms with Crippen LogP contribution in [0.1, 0.15) is 23.3 Å². The molecule has 3 aromatic rings. The first-order valence-corrected chi connectivity index (χ1v) is 8.66. The highest BCUT2D eigenvalue weighted by atomic mass is 19.1. The third kappa shape index (κ3) is 2.20. The minimum absolute atomic E-state index is 0.0111. The molecule has 1 saturated carbocycles. The second kappa shape index (κ2) is 5.52. The molecule has 0 N–H and O–H groups in total. The molecule has 0 radical (unpaired) electrons. The minimum Gasteiger partial charge on any atom is -0.481 e. The van der Waals surface area contributed by atoms with Crippen molar-refractivity contribution in [3.8, 4) is 17.0 Å². The number of carbonyl (C=O) groups excluding carboxylic acids is 1. The molecule has 5 rings (SSSR count). The lowest BCUT2D eigenvalue weighted by Crippen LogP contribution is -2.41. The third-order valence-electron chi connectivity index (χ3n) is 5.12. The van der Waals surface area contributed by atoms with Crippen molar-refractivity contribution in [1.82, 2.24) is 19.4 Å². The fraction of sp³-hybridized carbons (Fsp3) is 0.316. The van der Waals surface area contributed by atoms with E-state index in [0.29, 0.717) is 47.3 Å². The summed E-state index contributed by atoms with van der Waals surface area (Å²) < 4.78 is 20.8. The van der Waals surface area contributed by atoms with Crippen LogP contribution in [0.15, 0.2) is 30.6 Å². The number of carbonyl (C=O) groups is 1. The van der Waals surface area contributed by atoms with Crippen LogP contribution in [0.25, 0.3) is 22.2 Å². The van der Waals surface area contributed by atoms with Gasteiger partial charge in [0.05, 0.1) is 24.3 Å². The van der Waals surface area contributed by atoms with Crippen LogP contribution in [-0.4, -0.2) is 45.0 Å². The average Bonchev–Trinajstić information content (AvgIpc) is 3.44. The van der Waals surface area contributed by atoms with E-state index in [4.69, 9.17) is 4.74 Å². The summed E-state index contributed by atoms with van der Waals surface area (Å²) in [6.45, 7) is 1.29. The van der Waals surface area contributed by atoms with Crippen molar-refractivity contribution in [2.24, 2.45) is 0 Å². The Kier molecular flexibility index (Phi) is 3.25. The van der Waals surface area contributed by atoms with Gasteiger partial charge in [0.2, 0.25) is 5.88 Å². The zero-order chi connectivity index (χ0) is 17.8. The van der Waals surface area contributed by atoms with Gasteiger partial charge in [0.15, 0.2) is 0 Å². The molecule has 7 heteroatoms. The van der Waals surface area contributed by atoms with Gasteiger partial charge in [-0.3, -0.25) is 9.78 Å². The number of hydrogen-bond donors (Lipinski definition) is 0. The topological polar surface area (TPSA) is 60.2 Å². The average molecular weight is 352 g/mol. The molecular weight excluding hydrogens is 335 g/mol. The van der Waals surface area contributed by atoms with E-state index in [-0.39, 0.29) is 5.91 Å². The Morgan fingerprint density at radius 1 is 1.19 bits per heavy atom. The molecule has 1 amide bonds. The van der Waals surface area contributed by atoms with E-state index in [1.54, 1.807) is 19.4 Å². The fourth-order valence-electron chi connectivity index (χ4n) is 3.75. The first-order valence-electron chi connectivity index (χ1n) is 8.66. The molecule has 4 heterocycles. The zero-order valence-electron chi connectivity index (χ0n) is 14.3. The Bertz CT molecular complexity index is 1020. The molecule has 2 aliphatic rings. The molecule has 0 atom stereocenters. The molecule has 132 valence electrons. The van der Waals surface area contributed by atoms with Crippen LogP contribution >= 0.6 is 0 Å². The van der Waals surface area contributed by atoms with Gasteiger partial charge in [-0.2, -0.15) is 0 Å². The second-order valence-corrected chi connectivity index (χ2v) is 6.72. The molecule has 0 unspecified atom stereocenters. The number of amides is 1. The lowest BCUT2D eigenvalue weighted by molar-refractivity contribution is 0.0694. The molecule has 26 heavy (non-hydrogen) atoms. The van der Waals surface area contributed by atoms with Crippen LogP contribution < -0.4 is 4.74 Å². The lowest BCUT2D eigenvalue weighted by Gasteiger charge is -2.29. The second-order valence-electron chi connectivity index (χ2n) is 6.72. The Labute approximate surface area is 149 Å². The van der Waals surface area contributed by atoms with Crippen LogP contribution in [0, 0.1) is 5.82 Å². The number of nitrogens with zero attached hydrogens (tertiary/aromatic N) is 4. The van der Waals surface area contributed by atoms with Crippen LogP contribution in [0.5, 0.6) is 5.88 Å². The number of rotatable bonds is 3. The number of ether oxygens (including phenoxy) is 1. The number of fused-ring (bicyclic) bond motifs is 3. The van der Waals surface area contributed by atoms with Crippen molar-refractivity contribution < 1.29 is 13.9 Å². The summed E-state index contributed by atoms with van der Waals surface area (Å²) in [5.74, 6) is 0.0772. The third-order valence-corrected chi connectivity index (χ3v) is 5.12. The van der Waals surface area contributed by atoms with E-state index < -0.39 is 5.82 Å². The van der Waals surface area contributed by atoms with Crippen molar-refractivity contribution in [3.63, 3.8) is 0 Å². The summed E-state index contributed by atoms with van der Waals surface area (Å²) in [5, 5.41) is 0. The Morgan fingerprint density at radius 3 is 2.73 bits per heavy atom. The molecule has 1 fully saturated rings. The largest absolute Gasteiger partial charge is 0.481 e. The van der Waals surface area contributed by atoms with Crippen LogP contribution in [0.3, 0.4) is 0 Å². The van der Waals surface area contributed by atoms with Gasteiger partial charge in [-0.05, 0) is 18.9 Å². The molecule has 1 aliphatic carbocycles. The maximum atomic E-state index is 13.8. The quantitative estimate of drug-likeness (QED) is 0.727. The number of methoxy groups -OCH3 is 1. The smallest absolute Gasteiger partial charge is 0.271 e. The highest BCUT2D eigenvalue weighted by Gasteiger charge is 2.39. The highest BCUT2D eigenvalue weighted by Crippen LogP contribution is 2.39. The highest BCUT2D eigenvalue weighted by molar-refractivity contribution is 6.09. The summed E-state index contributed by atoms with van der Waals surface area (Å²) in [7, 11) is 1.55. The van der Waals surface area contributed by atoms with Gasteiger partial charge in [-0.1, -0.05) is 0 Å². The van der Waals surface area contributed by atoms with Crippen molar-refractivity contribution in [2.75, 3.05) is 13.7 Å². The number of pyridine rings is 2. The number of halogens is 1. The van der Waals surface area contributed by atoms with Gasteiger partial charge < -0.3 is 14.2 Å². The van der Waals surface area contributed by atoms with Crippen LogP contribution in [0.4, 0.5) is 4.39 Å². The van der Waals surface area contributed by atoms with E-state index in [1.807, 2.05) is 15.5 Å². The number of aromatic nitrogens is 3. The van der Waals surface area contributed by atoms with E-state index in [9.17, 15) is 9.18 Å². The molecular formula is C19H17FN4O2. The number of hydrogen-bond acceptors (Lipinski definition) is 4. The van der Waals surface area contributed by atoms with Gasteiger partial charge in [-0.25, -0.2) is 9.37 Å². The fourth-order valence-corrected chi connectivity index (χ4v) is 3.75. The summed E-state index contributed by atoms with van der Waals surface area (Å²) in [5.41, 5.74) is 3.33. The van der Waals surface area contributed by atoms with Gasteiger partial charge >= 0.3 is 0 Å². The van der Waals surface area contributed by atoms with Crippen molar-refractivity contribution >= 4 is 16.9 Å². The Hall–Kier alpha value is -2.96. The SMILES string of the molecule is COc1ccc(-c2c3n(c4cc(F)cnc24)CCN(C2CC2)C3=O)cn1. The van der Waals surface area contributed by atoms with Crippen LogP contribution in [-0.2, 0) is 6.54 Å². The molecule has 1 aliphatic heterocycles. The molecule has 6 nitrogen and oxygen atoms in total. The summed E-state index contributed by atoms with van der Waals surface area (Å²) in [4.78, 5) is 23.7. The predicted octanol–water partition coefficient (Wildman–Crippen LogP) is 2.86. The van der Waals surface area contributed by atoms with Crippen LogP contribution in [0.2, 0.25) is 0 Å². The maximum absolute atomic E-state index is 13.8. The Balaban J connectivity index is 1.76. The molecule has 0 bridgehead atoms. The van der Waals surface area contributed by atoms with Gasteiger partial charge in [0, 0.05) is 48.6 Å². The summed E-state index contributed by atoms with van der Waals surface area (Å²) >= 11 is 0. The van der Waals surface area contributed by atoms with Crippen molar-refractivity contribution in [1.29, 1.82) is 0 Å². The minimum atomic E-state index is -0.408. The van der Waals surface area contributed by atoms with Gasteiger partial charge in [0.25, 0.3) is 5.91 Å². The lowest BCUT2D eigenvalue weighted by atomic mass is 10.1. The molecule has 0 spiro atoms. The normalized spacial score (nSPS) is 16.8. The monoisotopic (exact) mass is 352 g/mol. The van der Waals surface area contributed by atoms with Gasteiger partial charge in [0.1, 0.15) is 11.5 Å². The Morgan fingerprint density at radius 2 is 2.04 bits per heavy atom. The van der Waals surface area contributed by atoms with Crippen molar-refractivity contribution in [3.05, 3.63) is 42.1 Å². The van der Waals surface area contributed by atoms with E-state index in [2.05, 4.69) is 9.97 Å². The zero-order valence-corrected chi connectivity index (χ0v) is 14.3. The first kappa shape index (κ1) is 15.3. The van der Waals surface area contributed by atoms with E-state index in [1.165, 1.54) is 12.3 Å². The van der Waals surface area contributed by atoms with E-state index >= 15 is 0 Å². The summed E-state index contributed by atoms with van der Waals surface area (Å²) in [6, 6.07) is 5.39. The molecule has 0 saturated heterocycles. The predicted molar refractivity (Wildman–Crippen MR) is 93.5 cm³/mol. The summed E-state index contributed by atoms with van der Waals surface area (Å²) in [6.07, 6.45) is 4.97. The van der Waals surface area contributed by atoms with Gasteiger partial charge in [-0.15, -0.1) is 0 Å². The van der Waals surface area contributed by atoms with Crippen molar-refractivity contribution in [2.45, 2.75) is 25.4 Å². The maximum Gasteiger partial charge on any atom is 0.271 e. The first-order chi connectivity index (χ1) is 12.7. The standard InChI is InChI=1S/C19H17FN4O2/c1-26-15-5-2-11(9-21-15)16-17-14(8-12(20)10-22-17)24-7-6-23(13-3-4-13)19(25)18(16)24/h2,5,8-10,13H,3-4,6-7H2,1H3.